The average molecular weight is 386 g/mol. The Kier molecular flexibility index (Phi) is 5.49. The summed E-state index contributed by atoms with van der Waals surface area (Å²) < 4.78 is 4.76. The molecule has 1 amide bonds. The number of nitrogens with zero attached hydrogens (tertiary/aromatic N) is 2. The molecule has 1 fully saturated rings. The summed E-state index contributed by atoms with van der Waals surface area (Å²) >= 11 is 7.11. The smallest absolute Gasteiger partial charge is 0.325 e. The monoisotopic (exact) mass is 386 g/mol. The number of thiophene rings is 1. The number of aryl methyl sites for hydroxylation is 1. The lowest BCUT2D eigenvalue weighted by molar-refractivity contribution is -0.140. The van der Waals surface area contributed by atoms with Gasteiger partial charge in [0.15, 0.2) is 5.11 Å². The minimum absolute atomic E-state index is 0.109. The summed E-state index contributed by atoms with van der Waals surface area (Å²) in [6, 6.07) is 13.2. The normalized spacial score (nSPS) is 15.8. The zero-order chi connectivity index (χ0) is 18.7. The van der Waals surface area contributed by atoms with Crippen molar-refractivity contribution in [3.05, 3.63) is 57.9 Å². The highest BCUT2D eigenvalue weighted by Crippen LogP contribution is 2.30. The second-order valence-corrected chi connectivity index (χ2v) is 7.17. The summed E-state index contributed by atoms with van der Waals surface area (Å²) in [6.07, 6.45) is 2.71. The van der Waals surface area contributed by atoms with Gasteiger partial charge in [-0.1, -0.05) is 25.1 Å². The lowest BCUT2D eigenvalue weighted by atomic mass is 10.2. The van der Waals surface area contributed by atoms with Gasteiger partial charge in [0.1, 0.15) is 12.2 Å². The van der Waals surface area contributed by atoms with Gasteiger partial charge in [-0.15, -0.1) is 11.3 Å². The first-order chi connectivity index (χ1) is 12.5. The zero-order valence-electron chi connectivity index (χ0n) is 14.5. The van der Waals surface area contributed by atoms with Crippen molar-refractivity contribution < 1.29 is 14.3 Å². The molecule has 1 aromatic heterocycles. The van der Waals surface area contributed by atoms with Crippen LogP contribution in [0.5, 0.6) is 0 Å². The number of anilines is 1. The van der Waals surface area contributed by atoms with Crippen LogP contribution in [0.1, 0.15) is 16.7 Å². The topological polar surface area (TPSA) is 49.9 Å². The van der Waals surface area contributed by atoms with Gasteiger partial charge in [0, 0.05) is 9.75 Å². The molecule has 0 N–H and O–H groups in total. The van der Waals surface area contributed by atoms with Gasteiger partial charge in [0.2, 0.25) is 0 Å². The third kappa shape index (κ3) is 3.54. The lowest BCUT2D eigenvalue weighted by Gasteiger charge is -2.19. The van der Waals surface area contributed by atoms with E-state index in [2.05, 4.69) is 6.92 Å². The lowest BCUT2D eigenvalue weighted by Crippen LogP contribution is -2.35. The molecule has 0 aliphatic carbocycles. The molecule has 3 rings (SSSR count). The standard InChI is InChI=1S/C19H18N2O3S2/c1-3-14-9-10-15(26-14)11-16-18(23)21(13-7-5-4-6-8-13)19(25)20(16)12-17(22)24-2/h4-11H,3,12H2,1-2H3/b16-11-. The maximum absolute atomic E-state index is 13.1. The third-order valence-corrected chi connectivity index (χ3v) is 5.55. The van der Waals surface area contributed by atoms with Crippen molar-refractivity contribution in [2.24, 2.45) is 0 Å². The molecule has 26 heavy (non-hydrogen) atoms. The van der Waals surface area contributed by atoms with E-state index in [1.807, 2.05) is 42.5 Å². The molecule has 5 nitrogen and oxygen atoms in total. The first-order valence-corrected chi connectivity index (χ1v) is 9.35. The molecular weight excluding hydrogens is 368 g/mol. The van der Waals surface area contributed by atoms with E-state index >= 15 is 0 Å². The molecule has 1 aromatic carbocycles. The number of methoxy groups -OCH3 is 1. The molecule has 0 radical (unpaired) electrons. The molecule has 1 aliphatic heterocycles. The highest BCUT2D eigenvalue weighted by atomic mass is 32.1. The van der Waals surface area contributed by atoms with Gasteiger partial charge in [-0.3, -0.25) is 14.5 Å². The second kappa shape index (κ2) is 7.80. The van der Waals surface area contributed by atoms with Crippen molar-refractivity contribution in [3.63, 3.8) is 0 Å². The van der Waals surface area contributed by atoms with Gasteiger partial charge in [-0.2, -0.15) is 0 Å². The van der Waals surface area contributed by atoms with Crippen molar-refractivity contribution in [2.75, 3.05) is 18.6 Å². The van der Waals surface area contributed by atoms with E-state index < -0.39 is 5.97 Å². The molecule has 0 spiro atoms. The summed E-state index contributed by atoms with van der Waals surface area (Å²) in [7, 11) is 1.31. The quantitative estimate of drug-likeness (QED) is 0.447. The SMILES string of the molecule is CCc1ccc(/C=C2/C(=O)N(c3ccccc3)C(=S)N2CC(=O)OC)s1. The summed E-state index contributed by atoms with van der Waals surface area (Å²) in [5.74, 6) is -0.710. The van der Waals surface area contributed by atoms with Gasteiger partial charge in [-0.25, -0.2) is 0 Å². The molecule has 2 heterocycles. The first-order valence-electron chi connectivity index (χ1n) is 8.13. The first kappa shape index (κ1) is 18.3. The summed E-state index contributed by atoms with van der Waals surface area (Å²) in [5, 5.41) is 0.269. The van der Waals surface area contributed by atoms with Crippen molar-refractivity contribution >= 4 is 52.3 Å². The summed E-state index contributed by atoms with van der Waals surface area (Å²) in [6.45, 7) is 1.97. The fourth-order valence-electron chi connectivity index (χ4n) is 2.63. The largest absolute Gasteiger partial charge is 0.468 e. The Balaban J connectivity index is 2.02. The van der Waals surface area contributed by atoms with Crippen LogP contribution < -0.4 is 4.90 Å². The average Bonchev–Trinajstić information content (AvgIpc) is 3.20. The number of amides is 1. The van der Waals surface area contributed by atoms with E-state index in [1.165, 1.54) is 21.8 Å². The van der Waals surface area contributed by atoms with E-state index in [0.717, 1.165) is 11.3 Å². The molecule has 0 saturated carbocycles. The summed E-state index contributed by atoms with van der Waals surface area (Å²) in [5.41, 5.74) is 1.04. The predicted octanol–water partition coefficient (Wildman–Crippen LogP) is 3.46. The van der Waals surface area contributed by atoms with Crippen LogP contribution in [-0.2, 0) is 20.7 Å². The molecule has 134 valence electrons. The Morgan fingerprint density at radius 2 is 1.96 bits per heavy atom. The second-order valence-electron chi connectivity index (χ2n) is 5.61. The molecule has 0 bridgehead atoms. The van der Waals surface area contributed by atoms with Gasteiger partial charge in [0.25, 0.3) is 5.91 Å². The Morgan fingerprint density at radius 1 is 1.23 bits per heavy atom. The van der Waals surface area contributed by atoms with Gasteiger partial charge >= 0.3 is 5.97 Å². The van der Waals surface area contributed by atoms with Crippen LogP contribution in [0.2, 0.25) is 0 Å². The third-order valence-electron chi connectivity index (χ3n) is 3.97. The number of esters is 1. The number of hydrogen-bond donors (Lipinski definition) is 0. The van der Waals surface area contributed by atoms with E-state index in [9.17, 15) is 9.59 Å². The number of carbonyl (C=O) groups excluding carboxylic acids is 2. The number of hydrogen-bond acceptors (Lipinski definition) is 5. The van der Waals surface area contributed by atoms with E-state index in [0.29, 0.717) is 11.4 Å². The van der Waals surface area contributed by atoms with Crippen LogP contribution >= 0.6 is 23.6 Å². The highest BCUT2D eigenvalue weighted by Gasteiger charge is 2.40. The van der Waals surface area contributed by atoms with E-state index in [1.54, 1.807) is 17.4 Å². The van der Waals surface area contributed by atoms with Crippen molar-refractivity contribution in [3.8, 4) is 0 Å². The Morgan fingerprint density at radius 3 is 2.58 bits per heavy atom. The molecule has 7 heteroatoms. The maximum Gasteiger partial charge on any atom is 0.325 e. The van der Waals surface area contributed by atoms with E-state index in [-0.39, 0.29) is 17.6 Å². The van der Waals surface area contributed by atoms with Crippen LogP contribution in [0.4, 0.5) is 5.69 Å². The number of rotatable bonds is 5. The number of ether oxygens (including phenoxy) is 1. The fourth-order valence-corrected chi connectivity index (χ4v) is 3.87. The van der Waals surface area contributed by atoms with Crippen LogP contribution in [0.15, 0.2) is 48.2 Å². The van der Waals surface area contributed by atoms with Gasteiger partial charge in [-0.05, 0) is 49.0 Å². The maximum atomic E-state index is 13.1. The Bertz CT molecular complexity index is 874. The molecule has 2 aromatic rings. The Hall–Kier alpha value is -2.51. The van der Waals surface area contributed by atoms with Crippen molar-refractivity contribution in [1.82, 2.24) is 4.90 Å². The predicted molar refractivity (Wildman–Crippen MR) is 107 cm³/mol. The fraction of sp³-hybridized carbons (Fsp3) is 0.211. The molecular formula is C19H18N2O3S2. The summed E-state index contributed by atoms with van der Waals surface area (Å²) in [4.78, 5) is 30.0. The number of carbonyl (C=O) groups is 2. The van der Waals surface area contributed by atoms with Crippen LogP contribution in [-0.4, -0.2) is 35.5 Å². The zero-order valence-corrected chi connectivity index (χ0v) is 16.1. The number of thiocarbonyl (C=S) groups is 1. The molecule has 0 unspecified atom stereocenters. The molecule has 1 saturated heterocycles. The minimum Gasteiger partial charge on any atom is -0.468 e. The van der Waals surface area contributed by atoms with Crippen LogP contribution in [0.25, 0.3) is 6.08 Å². The molecule has 0 atom stereocenters. The Labute approximate surface area is 161 Å². The van der Waals surface area contributed by atoms with Crippen LogP contribution in [0, 0.1) is 0 Å². The number of benzene rings is 1. The van der Waals surface area contributed by atoms with E-state index in [4.69, 9.17) is 17.0 Å². The van der Waals surface area contributed by atoms with Crippen LogP contribution in [0.3, 0.4) is 0 Å². The van der Waals surface area contributed by atoms with Gasteiger partial charge < -0.3 is 9.64 Å². The minimum atomic E-state index is -0.457. The van der Waals surface area contributed by atoms with Crippen molar-refractivity contribution in [1.29, 1.82) is 0 Å². The van der Waals surface area contributed by atoms with Crippen molar-refractivity contribution in [2.45, 2.75) is 13.3 Å². The molecule has 1 aliphatic rings. The highest BCUT2D eigenvalue weighted by molar-refractivity contribution is 7.80. The number of para-hydroxylation sites is 1. The van der Waals surface area contributed by atoms with Gasteiger partial charge in [0.05, 0.1) is 12.8 Å².